The van der Waals surface area contributed by atoms with Gasteiger partial charge in [-0.3, -0.25) is 0 Å². The first-order valence-corrected chi connectivity index (χ1v) is 7.79. The van der Waals surface area contributed by atoms with Crippen LogP contribution in [0.25, 0.3) is 0 Å². The number of aliphatic hydroxyl groups excluding tert-OH is 1. The van der Waals surface area contributed by atoms with Gasteiger partial charge in [0, 0.05) is 12.1 Å². The molecule has 1 fully saturated rings. The van der Waals surface area contributed by atoms with Gasteiger partial charge in [0.1, 0.15) is 0 Å². The lowest BCUT2D eigenvalue weighted by Crippen LogP contribution is -2.42. The summed E-state index contributed by atoms with van der Waals surface area (Å²) < 4.78 is 0. The maximum Gasteiger partial charge on any atom is 0.0587 e. The first kappa shape index (κ1) is 14.5. The summed E-state index contributed by atoms with van der Waals surface area (Å²) in [7, 11) is 0. The molecule has 0 bridgehead atoms. The number of rotatable bonds is 5. The quantitative estimate of drug-likeness (QED) is 0.852. The molecular weight excluding hydrogens is 234 g/mol. The van der Waals surface area contributed by atoms with Crippen molar-refractivity contribution in [3.8, 4) is 0 Å². The summed E-state index contributed by atoms with van der Waals surface area (Å²) in [6, 6.07) is 11.3. The van der Waals surface area contributed by atoms with Crippen LogP contribution in [0.3, 0.4) is 0 Å². The summed E-state index contributed by atoms with van der Waals surface area (Å²) >= 11 is 0. The summed E-state index contributed by atoms with van der Waals surface area (Å²) in [5.74, 6) is 0. The zero-order valence-electron chi connectivity index (χ0n) is 11.9. The Morgan fingerprint density at radius 3 is 2.26 bits per heavy atom. The monoisotopic (exact) mass is 261 g/mol. The van der Waals surface area contributed by atoms with Crippen molar-refractivity contribution in [2.45, 2.75) is 63.5 Å². The molecule has 0 amide bonds. The highest BCUT2D eigenvalue weighted by atomic mass is 16.3. The van der Waals surface area contributed by atoms with Gasteiger partial charge in [-0.25, -0.2) is 0 Å². The molecule has 2 N–H and O–H groups in total. The Labute approximate surface area is 117 Å². The summed E-state index contributed by atoms with van der Waals surface area (Å²) in [5, 5.41) is 13.3. The lowest BCUT2D eigenvalue weighted by atomic mass is 9.95. The van der Waals surface area contributed by atoms with E-state index in [0.717, 1.165) is 6.42 Å². The van der Waals surface area contributed by atoms with E-state index in [1.807, 2.05) is 6.07 Å². The van der Waals surface area contributed by atoms with E-state index < -0.39 is 0 Å². The molecule has 0 aromatic heterocycles. The minimum absolute atomic E-state index is 0.201. The highest BCUT2D eigenvalue weighted by Crippen LogP contribution is 2.18. The molecule has 19 heavy (non-hydrogen) atoms. The number of hydrogen-bond acceptors (Lipinski definition) is 2. The molecule has 0 spiro atoms. The highest BCUT2D eigenvalue weighted by molar-refractivity contribution is 5.15. The van der Waals surface area contributed by atoms with E-state index >= 15 is 0 Å². The fourth-order valence-electron chi connectivity index (χ4n) is 3.03. The predicted octanol–water partition coefficient (Wildman–Crippen LogP) is 3.29. The van der Waals surface area contributed by atoms with E-state index in [-0.39, 0.29) is 12.6 Å². The first-order chi connectivity index (χ1) is 9.38. The van der Waals surface area contributed by atoms with E-state index in [2.05, 4.69) is 29.6 Å². The van der Waals surface area contributed by atoms with Gasteiger partial charge in [-0.1, -0.05) is 62.4 Å². The molecule has 0 heterocycles. The van der Waals surface area contributed by atoms with Crippen LogP contribution >= 0.6 is 0 Å². The van der Waals surface area contributed by atoms with E-state index in [1.54, 1.807) is 0 Å². The molecule has 1 aliphatic carbocycles. The molecule has 1 aromatic carbocycles. The molecule has 0 saturated heterocycles. The van der Waals surface area contributed by atoms with E-state index in [4.69, 9.17) is 0 Å². The standard InChI is InChI=1S/C17H27NO/c19-14-17(13-15-9-5-4-6-10-15)18-16-11-7-2-1-3-8-12-16/h4-6,9-10,16-19H,1-3,7-8,11-14H2/t17-/m0/s1. The molecular formula is C17H27NO. The van der Waals surface area contributed by atoms with Crippen molar-refractivity contribution in [2.24, 2.45) is 0 Å². The Hall–Kier alpha value is -0.860. The summed E-state index contributed by atoms with van der Waals surface area (Å²) in [4.78, 5) is 0. The van der Waals surface area contributed by atoms with Gasteiger partial charge in [-0.05, 0) is 24.8 Å². The number of nitrogens with one attached hydrogen (secondary N) is 1. The molecule has 0 radical (unpaired) electrons. The third-order valence-electron chi connectivity index (χ3n) is 4.12. The Kier molecular flexibility index (Phi) is 6.38. The van der Waals surface area contributed by atoms with Gasteiger partial charge in [-0.2, -0.15) is 0 Å². The third-order valence-corrected chi connectivity index (χ3v) is 4.12. The smallest absolute Gasteiger partial charge is 0.0587 e. The van der Waals surface area contributed by atoms with Gasteiger partial charge in [0.2, 0.25) is 0 Å². The number of aliphatic hydroxyl groups is 1. The van der Waals surface area contributed by atoms with Crippen LogP contribution in [0.1, 0.15) is 50.5 Å². The SMILES string of the molecule is OC[C@H](Cc1ccccc1)NC1CCCCCCC1. The van der Waals surface area contributed by atoms with Crippen molar-refractivity contribution in [3.63, 3.8) is 0 Å². The minimum Gasteiger partial charge on any atom is -0.395 e. The van der Waals surface area contributed by atoms with Crippen molar-refractivity contribution in [1.82, 2.24) is 5.32 Å². The molecule has 1 aliphatic rings. The highest BCUT2D eigenvalue weighted by Gasteiger charge is 2.16. The van der Waals surface area contributed by atoms with E-state index in [1.165, 1.54) is 50.5 Å². The second kappa shape index (κ2) is 8.34. The maximum atomic E-state index is 9.58. The lowest BCUT2D eigenvalue weighted by Gasteiger charge is -2.26. The fourth-order valence-corrected chi connectivity index (χ4v) is 3.03. The van der Waals surface area contributed by atoms with Crippen LogP contribution in [0, 0.1) is 0 Å². The average molecular weight is 261 g/mol. The van der Waals surface area contributed by atoms with Crippen LogP contribution in [-0.4, -0.2) is 23.8 Å². The Morgan fingerprint density at radius 2 is 1.63 bits per heavy atom. The minimum atomic E-state index is 0.201. The maximum absolute atomic E-state index is 9.58. The molecule has 106 valence electrons. The van der Waals surface area contributed by atoms with Gasteiger partial charge in [0.15, 0.2) is 0 Å². The fraction of sp³-hybridized carbons (Fsp3) is 0.647. The Balaban J connectivity index is 1.83. The molecule has 1 saturated carbocycles. The lowest BCUT2D eigenvalue weighted by molar-refractivity contribution is 0.221. The van der Waals surface area contributed by atoms with Crippen LogP contribution < -0.4 is 5.32 Å². The van der Waals surface area contributed by atoms with Crippen molar-refractivity contribution in [3.05, 3.63) is 35.9 Å². The summed E-state index contributed by atoms with van der Waals surface area (Å²) in [6.07, 6.45) is 10.3. The zero-order chi connectivity index (χ0) is 13.3. The van der Waals surface area contributed by atoms with E-state index in [0.29, 0.717) is 6.04 Å². The molecule has 2 nitrogen and oxygen atoms in total. The van der Waals surface area contributed by atoms with Gasteiger partial charge in [0.05, 0.1) is 6.61 Å². The first-order valence-electron chi connectivity index (χ1n) is 7.79. The van der Waals surface area contributed by atoms with Crippen molar-refractivity contribution >= 4 is 0 Å². The van der Waals surface area contributed by atoms with Crippen molar-refractivity contribution < 1.29 is 5.11 Å². The molecule has 1 atom stereocenters. The van der Waals surface area contributed by atoms with Gasteiger partial charge >= 0.3 is 0 Å². The van der Waals surface area contributed by atoms with Gasteiger partial charge in [0.25, 0.3) is 0 Å². The third kappa shape index (κ3) is 5.33. The molecule has 2 rings (SSSR count). The predicted molar refractivity (Wildman–Crippen MR) is 80.3 cm³/mol. The van der Waals surface area contributed by atoms with Gasteiger partial charge < -0.3 is 10.4 Å². The van der Waals surface area contributed by atoms with Crippen LogP contribution in [0.15, 0.2) is 30.3 Å². The van der Waals surface area contributed by atoms with E-state index in [9.17, 15) is 5.11 Å². The van der Waals surface area contributed by atoms with Crippen molar-refractivity contribution in [2.75, 3.05) is 6.61 Å². The van der Waals surface area contributed by atoms with Crippen LogP contribution in [-0.2, 0) is 6.42 Å². The summed E-state index contributed by atoms with van der Waals surface area (Å²) in [5.41, 5.74) is 1.31. The second-order valence-corrected chi connectivity index (χ2v) is 5.78. The van der Waals surface area contributed by atoms with Crippen LogP contribution in [0.5, 0.6) is 0 Å². The van der Waals surface area contributed by atoms with Crippen LogP contribution in [0.4, 0.5) is 0 Å². The normalized spacial score (nSPS) is 19.6. The average Bonchev–Trinajstić information content (AvgIpc) is 2.41. The number of hydrogen-bond donors (Lipinski definition) is 2. The summed E-state index contributed by atoms with van der Waals surface area (Å²) in [6.45, 7) is 0.228. The molecule has 0 unspecified atom stereocenters. The zero-order valence-corrected chi connectivity index (χ0v) is 11.9. The second-order valence-electron chi connectivity index (χ2n) is 5.78. The topological polar surface area (TPSA) is 32.3 Å². The molecule has 1 aromatic rings. The van der Waals surface area contributed by atoms with Gasteiger partial charge in [-0.15, -0.1) is 0 Å². The molecule has 2 heteroatoms. The van der Waals surface area contributed by atoms with Crippen molar-refractivity contribution in [1.29, 1.82) is 0 Å². The Bertz CT molecular complexity index is 330. The number of benzene rings is 1. The largest absolute Gasteiger partial charge is 0.395 e. The Morgan fingerprint density at radius 1 is 1.00 bits per heavy atom. The van der Waals surface area contributed by atoms with Crippen LogP contribution in [0.2, 0.25) is 0 Å². The molecule has 0 aliphatic heterocycles.